The Morgan fingerprint density at radius 1 is 0.310 bits per heavy atom. The predicted octanol–water partition coefficient (Wildman–Crippen LogP) is 12.4. The average molecular weight is 737 g/mol. The second-order valence-corrected chi connectivity index (χ2v) is 14.2. The number of para-hydroxylation sites is 2. The van der Waals surface area contributed by atoms with Crippen molar-refractivity contribution in [3.05, 3.63) is 192 Å². The molecule has 2 aromatic heterocycles. The lowest BCUT2D eigenvalue weighted by Gasteiger charge is -2.20. The molecule has 10 aromatic rings. The predicted molar refractivity (Wildman–Crippen MR) is 230 cm³/mol. The van der Waals surface area contributed by atoms with Crippen LogP contribution in [0.2, 0.25) is 0 Å². The summed E-state index contributed by atoms with van der Waals surface area (Å²) in [5.74, 6) is 0. The van der Waals surface area contributed by atoms with E-state index in [1.54, 1.807) is 12.1 Å². The summed E-state index contributed by atoms with van der Waals surface area (Å²) in [6, 6.07) is 65.5. The van der Waals surface area contributed by atoms with Crippen LogP contribution in [-0.2, 0) is 0 Å². The van der Waals surface area contributed by atoms with Crippen LogP contribution in [-0.4, -0.2) is 9.13 Å². The van der Waals surface area contributed by atoms with Crippen molar-refractivity contribution in [2.45, 2.75) is 0 Å². The van der Waals surface area contributed by atoms with Crippen molar-refractivity contribution in [1.29, 1.82) is 21.0 Å². The standard InChI is InChI=1S/C52H28N6/c53-29-33-8-5-11-36(22-33)38-18-20-44-42-14-1-3-16-47(42)57(49(44)25-38)51-27-41(32-56)46(40-13-7-10-35(24-40)31-55)28-52(51)58-48-17-4-2-15-43(48)45-21-19-39(26-50(45)58)37-12-6-9-34(23-37)30-54/h1-28H. The summed E-state index contributed by atoms with van der Waals surface area (Å²) in [7, 11) is 0. The van der Waals surface area contributed by atoms with Crippen LogP contribution >= 0.6 is 0 Å². The zero-order valence-electron chi connectivity index (χ0n) is 30.8. The minimum atomic E-state index is 0.465. The third-order valence-corrected chi connectivity index (χ3v) is 11.0. The van der Waals surface area contributed by atoms with Gasteiger partial charge in [0, 0.05) is 27.1 Å². The van der Waals surface area contributed by atoms with Crippen LogP contribution in [0.25, 0.3) is 88.4 Å². The normalized spacial score (nSPS) is 11.0. The van der Waals surface area contributed by atoms with Crippen LogP contribution in [0.5, 0.6) is 0 Å². The fourth-order valence-electron chi connectivity index (χ4n) is 8.38. The van der Waals surface area contributed by atoms with Gasteiger partial charge in [0.25, 0.3) is 0 Å². The molecule has 2 heterocycles. The first-order valence-corrected chi connectivity index (χ1v) is 18.7. The summed E-state index contributed by atoms with van der Waals surface area (Å²) in [5.41, 5.74) is 12.9. The Hall–Kier alpha value is -8.68. The largest absolute Gasteiger partial charge is 0.307 e. The van der Waals surface area contributed by atoms with E-state index >= 15 is 0 Å². The fraction of sp³-hybridized carbons (Fsp3) is 0. The molecule has 0 fully saturated rings. The summed E-state index contributed by atoms with van der Waals surface area (Å²) < 4.78 is 4.52. The van der Waals surface area contributed by atoms with Crippen molar-refractivity contribution in [2.24, 2.45) is 0 Å². The molecule has 0 saturated heterocycles. The van der Waals surface area contributed by atoms with Gasteiger partial charge in [-0.25, -0.2) is 0 Å². The molecule has 8 aromatic carbocycles. The number of nitrogens with zero attached hydrogens (tertiary/aromatic N) is 6. The van der Waals surface area contributed by atoms with Gasteiger partial charge in [-0.05, 0) is 101 Å². The summed E-state index contributed by atoms with van der Waals surface area (Å²) in [4.78, 5) is 0. The Bertz CT molecular complexity index is 3520. The van der Waals surface area contributed by atoms with Gasteiger partial charge in [0.1, 0.15) is 0 Å². The van der Waals surface area contributed by atoms with Crippen LogP contribution in [0, 0.1) is 45.3 Å². The molecule has 0 aliphatic heterocycles. The van der Waals surface area contributed by atoms with Crippen LogP contribution < -0.4 is 0 Å². The first-order chi connectivity index (χ1) is 28.6. The van der Waals surface area contributed by atoms with Crippen LogP contribution in [0.15, 0.2) is 170 Å². The number of benzene rings is 8. The van der Waals surface area contributed by atoms with Gasteiger partial charge in [-0.2, -0.15) is 21.0 Å². The second-order valence-electron chi connectivity index (χ2n) is 14.2. The fourth-order valence-corrected chi connectivity index (χ4v) is 8.38. The zero-order valence-corrected chi connectivity index (χ0v) is 30.8. The molecule has 6 nitrogen and oxygen atoms in total. The molecule has 58 heavy (non-hydrogen) atoms. The number of aromatic nitrogens is 2. The van der Waals surface area contributed by atoms with Crippen LogP contribution in [0.4, 0.5) is 0 Å². The number of fused-ring (bicyclic) bond motifs is 6. The molecular formula is C52H28N6. The molecule has 0 spiro atoms. The molecule has 0 unspecified atom stereocenters. The highest BCUT2D eigenvalue weighted by molar-refractivity contribution is 6.13. The molecule has 0 N–H and O–H groups in total. The third kappa shape index (κ3) is 5.38. The summed E-state index contributed by atoms with van der Waals surface area (Å²) in [6.45, 7) is 0. The Balaban J connectivity index is 1.35. The van der Waals surface area contributed by atoms with Gasteiger partial charge in [0.15, 0.2) is 0 Å². The van der Waals surface area contributed by atoms with Crippen molar-refractivity contribution in [3.8, 4) is 69.0 Å². The molecular weight excluding hydrogens is 709 g/mol. The second kappa shape index (κ2) is 13.6. The molecule has 0 bridgehead atoms. The van der Waals surface area contributed by atoms with Gasteiger partial charge in [-0.15, -0.1) is 0 Å². The summed E-state index contributed by atoms with van der Waals surface area (Å²) >= 11 is 0. The highest BCUT2D eigenvalue weighted by atomic mass is 15.1. The Labute approximate surface area is 333 Å². The van der Waals surface area contributed by atoms with Gasteiger partial charge in [-0.1, -0.05) is 97.1 Å². The maximum atomic E-state index is 10.9. The molecule has 10 rings (SSSR count). The monoisotopic (exact) mass is 736 g/mol. The van der Waals surface area contributed by atoms with Gasteiger partial charge >= 0.3 is 0 Å². The number of hydrogen-bond donors (Lipinski definition) is 0. The molecule has 0 amide bonds. The van der Waals surface area contributed by atoms with Gasteiger partial charge < -0.3 is 9.13 Å². The first-order valence-electron chi connectivity index (χ1n) is 18.7. The Kier molecular flexibility index (Phi) is 7.92. The molecule has 0 radical (unpaired) electrons. The summed E-state index contributed by atoms with van der Waals surface area (Å²) in [6.07, 6.45) is 0. The minimum absolute atomic E-state index is 0.465. The molecule has 266 valence electrons. The SMILES string of the molecule is N#Cc1cccc(-c2ccc3c4ccccc4n(-c4cc(C#N)c(-c5cccc(C#N)c5)cc4-n4c5ccccc5c5ccc(-c6cccc(C#N)c6)cc54)c3c2)c1. The van der Waals surface area contributed by atoms with Crippen LogP contribution in [0.3, 0.4) is 0 Å². The lowest BCUT2D eigenvalue weighted by Crippen LogP contribution is -2.05. The topological polar surface area (TPSA) is 105 Å². The number of rotatable bonds is 5. The third-order valence-electron chi connectivity index (χ3n) is 11.0. The van der Waals surface area contributed by atoms with Crippen molar-refractivity contribution >= 4 is 43.6 Å². The molecule has 0 aliphatic carbocycles. The maximum Gasteiger partial charge on any atom is 0.0998 e. The van der Waals surface area contributed by atoms with Crippen molar-refractivity contribution in [1.82, 2.24) is 9.13 Å². The number of nitriles is 4. The highest BCUT2D eigenvalue weighted by Crippen LogP contribution is 2.42. The number of hydrogen-bond acceptors (Lipinski definition) is 4. The van der Waals surface area contributed by atoms with E-state index in [1.165, 1.54) is 0 Å². The summed E-state index contributed by atoms with van der Waals surface area (Å²) in [5, 5.41) is 44.5. The maximum absolute atomic E-state index is 10.9. The molecule has 0 aliphatic rings. The molecule has 0 atom stereocenters. The lowest BCUT2D eigenvalue weighted by molar-refractivity contribution is 1.09. The van der Waals surface area contributed by atoms with Gasteiger partial charge in [-0.3, -0.25) is 0 Å². The lowest BCUT2D eigenvalue weighted by atomic mass is 9.96. The van der Waals surface area contributed by atoms with Crippen molar-refractivity contribution in [2.75, 3.05) is 0 Å². The van der Waals surface area contributed by atoms with E-state index in [4.69, 9.17) is 0 Å². The Morgan fingerprint density at radius 3 is 1.21 bits per heavy atom. The van der Waals surface area contributed by atoms with E-state index in [9.17, 15) is 21.0 Å². The molecule has 6 heteroatoms. The van der Waals surface area contributed by atoms with E-state index in [2.05, 4.69) is 100 Å². The van der Waals surface area contributed by atoms with E-state index in [0.29, 0.717) is 27.8 Å². The Morgan fingerprint density at radius 2 is 0.724 bits per heavy atom. The highest BCUT2D eigenvalue weighted by Gasteiger charge is 2.23. The quantitative estimate of drug-likeness (QED) is 0.175. The smallest absolute Gasteiger partial charge is 0.0998 e. The van der Waals surface area contributed by atoms with E-state index in [0.717, 1.165) is 82.8 Å². The van der Waals surface area contributed by atoms with E-state index in [-0.39, 0.29) is 0 Å². The van der Waals surface area contributed by atoms with Gasteiger partial charge in [0.05, 0.1) is 80.0 Å². The van der Waals surface area contributed by atoms with Gasteiger partial charge in [0.2, 0.25) is 0 Å². The average Bonchev–Trinajstić information content (AvgIpc) is 3.80. The van der Waals surface area contributed by atoms with Crippen molar-refractivity contribution < 1.29 is 0 Å². The minimum Gasteiger partial charge on any atom is -0.307 e. The van der Waals surface area contributed by atoms with Crippen LogP contribution in [0.1, 0.15) is 22.3 Å². The van der Waals surface area contributed by atoms with E-state index < -0.39 is 0 Å². The van der Waals surface area contributed by atoms with E-state index in [1.807, 2.05) is 91.0 Å². The molecule has 0 saturated carbocycles. The zero-order chi connectivity index (χ0) is 39.3. The van der Waals surface area contributed by atoms with Crippen molar-refractivity contribution in [3.63, 3.8) is 0 Å². The first kappa shape index (κ1) is 33.9.